The first-order valence-electron chi connectivity index (χ1n) is 12.0. The molecule has 0 aliphatic carbocycles. The highest BCUT2D eigenvalue weighted by molar-refractivity contribution is 5.89. The average molecular weight is 474 g/mol. The van der Waals surface area contributed by atoms with E-state index in [1.54, 1.807) is 36.4 Å². The van der Waals surface area contributed by atoms with E-state index < -0.39 is 12.1 Å². The molecule has 6 heteroatoms. The van der Waals surface area contributed by atoms with E-state index in [1.807, 2.05) is 41.1 Å². The van der Waals surface area contributed by atoms with Gasteiger partial charge in [0.05, 0.1) is 23.8 Å². The SMILES string of the molecule is CCCCc1ccc(O)c(Cn2cc(C[C@H](O)COC(=O)c3ccccc3)c3ccccc32)c1O. The lowest BCUT2D eigenvalue weighted by molar-refractivity contribution is 0.0259. The molecule has 4 rings (SSSR count). The molecular weight excluding hydrogens is 442 g/mol. The van der Waals surface area contributed by atoms with Gasteiger partial charge >= 0.3 is 5.97 Å². The van der Waals surface area contributed by atoms with E-state index in [4.69, 9.17) is 4.74 Å². The predicted octanol–water partition coefficient (Wildman–Crippen LogP) is 5.20. The summed E-state index contributed by atoms with van der Waals surface area (Å²) in [6, 6.07) is 19.9. The van der Waals surface area contributed by atoms with E-state index in [1.165, 1.54) is 0 Å². The number of phenolic OH excluding ortho intramolecular Hbond substituents is 2. The number of aromatic hydroxyl groups is 2. The Morgan fingerprint density at radius 1 is 0.971 bits per heavy atom. The molecule has 0 fully saturated rings. The maximum atomic E-state index is 12.2. The minimum Gasteiger partial charge on any atom is -0.507 e. The number of hydrogen-bond donors (Lipinski definition) is 3. The van der Waals surface area contributed by atoms with Crippen molar-refractivity contribution in [3.05, 3.63) is 95.2 Å². The Kier molecular flexibility index (Phi) is 7.73. The summed E-state index contributed by atoms with van der Waals surface area (Å²) in [5.74, 6) is -0.290. The topological polar surface area (TPSA) is 91.9 Å². The van der Waals surface area contributed by atoms with Crippen LogP contribution in [0, 0.1) is 0 Å². The Morgan fingerprint density at radius 3 is 2.49 bits per heavy atom. The van der Waals surface area contributed by atoms with Gasteiger partial charge in [-0.15, -0.1) is 0 Å². The number of aromatic nitrogens is 1. The molecule has 182 valence electrons. The van der Waals surface area contributed by atoms with Crippen LogP contribution in [0.1, 0.15) is 46.8 Å². The number of esters is 1. The number of carbonyl (C=O) groups is 1. The van der Waals surface area contributed by atoms with Gasteiger partial charge in [0.2, 0.25) is 0 Å². The number of para-hydroxylation sites is 1. The number of fused-ring (bicyclic) bond motifs is 1. The van der Waals surface area contributed by atoms with Crippen molar-refractivity contribution in [3.63, 3.8) is 0 Å². The number of benzene rings is 3. The molecular formula is C29H31NO5. The molecule has 4 aromatic rings. The molecule has 0 bridgehead atoms. The van der Waals surface area contributed by atoms with Crippen molar-refractivity contribution in [2.75, 3.05) is 6.61 Å². The number of rotatable bonds is 10. The molecule has 1 atom stereocenters. The van der Waals surface area contributed by atoms with Gasteiger partial charge in [0.25, 0.3) is 0 Å². The summed E-state index contributed by atoms with van der Waals surface area (Å²) < 4.78 is 7.26. The van der Waals surface area contributed by atoms with Crippen LogP contribution in [0.5, 0.6) is 11.5 Å². The lowest BCUT2D eigenvalue weighted by Crippen LogP contribution is -2.20. The van der Waals surface area contributed by atoms with E-state index in [9.17, 15) is 20.1 Å². The van der Waals surface area contributed by atoms with E-state index in [-0.39, 0.29) is 24.7 Å². The Morgan fingerprint density at radius 2 is 1.71 bits per heavy atom. The van der Waals surface area contributed by atoms with Crippen molar-refractivity contribution < 1.29 is 24.9 Å². The van der Waals surface area contributed by atoms with Gasteiger partial charge in [-0.25, -0.2) is 4.79 Å². The Hall–Kier alpha value is -3.77. The van der Waals surface area contributed by atoms with Crippen LogP contribution < -0.4 is 0 Å². The predicted molar refractivity (Wildman–Crippen MR) is 136 cm³/mol. The van der Waals surface area contributed by atoms with Crippen LogP contribution in [0.2, 0.25) is 0 Å². The molecule has 0 aliphatic rings. The van der Waals surface area contributed by atoms with Crippen LogP contribution in [0.4, 0.5) is 0 Å². The highest BCUT2D eigenvalue weighted by Crippen LogP contribution is 2.34. The number of ether oxygens (including phenoxy) is 1. The van der Waals surface area contributed by atoms with Crippen LogP contribution in [0.25, 0.3) is 10.9 Å². The molecule has 0 unspecified atom stereocenters. The zero-order valence-electron chi connectivity index (χ0n) is 19.9. The highest BCUT2D eigenvalue weighted by Gasteiger charge is 2.18. The zero-order valence-corrected chi connectivity index (χ0v) is 19.9. The second-order valence-electron chi connectivity index (χ2n) is 8.80. The number of aryl methyl sites for hydroxylation is 1. The smallest absolute Gasteiger partial charge is 0.338 e. The van der Waals surface area contributed by atoms with Crippen LogP contribution in [-0.4, -0.2) is 38.6 Å². The first-order valence-corrected chi connectivity index (χ1v) is 12.0. The number of unbranched alkanes of at least 4 members (excludes halogenated alkanes) is 1. The number of aliphatic hydroxyl groups excluding tert-OH is 1. The number of aliphatic hydroxyl groups is 1. The summed E-state index contributed by atoms with van der Waals surface area (Å²) in [6.45, 7) is 2.27. The largest absolute Gasteiger partial charge is 0.507 e. The van der Waals surface area contributed by atoms with E-state index >= 15 is 0 Å². The summed E-state index contributed by atoms with van der Waals surface area (Å²) in [4.78, 5) is 12.2. The fourth-order valence-electron chi connectivity index (χ4n) is 4.33. The molecule has 1 aromatic heterocycles. The Bertz CT molecular complexity index is 1300. The number of carbonyl (C=O) groups excluding carboxylic acids is 1. The molecule has 3 N–H and O–H groups in total. The number of nitrogens with zero attached hydrogens (tertiary/aromatic N) is 1. The van der Waals surface area contributed by atoms with Crippen molar-refractivity contribution in [2.45, 2.75) is 45.3 Å². The summed E-state index contributed by atoms with van der Waals surface area (Å²) in [5.41, 5.74) is 3.56. The third-order valence-electron chi connectivity index (χ3n) is 6.21. The molecule has 0 spiro atoms. The maximum Gasteiger partial charge on any atom is 0.338 e. The minimum atomic E-state index is -0.874. The zero-order chi connectivity index (χ0) is 24.8. The van der Waals surface area contributed by atoms with Gasteiger partial charge < -0.3 is 24.6 Å². The van der Waals surface area contributed by atoms with Gasteiger partial charge in [-0.2, -0.15) is 0 Å². The fourth-order valence-corrected chi connectivity index (χ4v) is 4.33. The lowest BCUT2D eigenvalue weighted by atomic mass is 10.0. The third-order valence-corrected chi connectivity index (χ3v) is 6.21. The normalized spacial score (nSPS) is 12.1. The van der Waals surface area contributed by atoms with Gasteiger partial charge in [0.1, 0.15) is 18.1 Å². The summed E-state index contributed by atoms with van der Waals surface area (Å²) in [6.07, 6.45) is 4.07. The van der Waals surface area contributed by atoms with Crippen LogP contribution in [0.3, 0.4) is 0 Å². The summed E-state index contributed by atoms with van der Waals surface area (Å²) in [5, 5.41) is 32.9. The monoisotopic (exact) mass is 473 g/mol. The molecule has 1 heterocycles. The molecule has 3 aromatic carbocycles. The van der Waals surface area contributed by atoms with E-state index in [0.717, 1.165) is 41.3 Å². The maximum absolute atomic E-state index is 12.2. The minimum absolute atomic E-state index is 0.0509. The second kappa shape index (κ2) is 11.1. The molecule has 0 saturated carbocycles. The first kappa shape index (κ1) is 24.4. The number of phenols is 2. The lowest BCUT2D eigenvalue weighted by Gasteiger charge is -2.13. The molecule has 0 aliphatic heterocycles. The molecule has 0 radical (unpaired) electrons. The van der Waals surface area contributed by atoms with Crippen molar-refractivity contribution in [1.82, 2.24) is 4.57 Å². The highest BCUT2D eigenvalue weighted by atomic mass is 16.5. The average Bonchev–Trinajstić information content (AvgIpc) is 3.22. The quantitative estimate of drug-likeness (QED) is 0.275. The van der Waals surface area contributed by atoms with Gasteiger partial charge in [-0.1, -0.05) is 55.8 Å². The van der Waals surface area contributed by atoms with Crippen molar-refractivity contribution in [3.8, 4) is 11.5 Å². The standard InChI is InChI=1S/C29H31NO5/c1-2-3-9-20-14-15-27(32)25(28(20)33)18-30-17-22(24-12-7-8-13-26(24)30)16-23(31)19-35-29(34)21-10-5-4-6-11-21/h4-8,10-15,17,23,31-33H,2-3,9,16,18-19H2,1H3/t23-/m0/s1. The van der Waals surface area contributed by atoms with E-state index in [2.05, 4.69) is 6.92 Å². The molecule has 6 nitrogen and oxygen atoms in total. The van der Waals surface area contributed by atoms with Crippen LogP contribution >= 0.6 is 0 Å². The second-order valence-corrected chi connectivity index (χ2v) is 8.80. The number of hydrogen-bond acceptors (Lipinski definition) is 5. The third kappa shape index (κ3) is 5.66. The summed E-state index contributed by atoms with van der Waals surface area (Å²) in [7, 11) is 0. The van der Waals surface area contributed by atoms with Crippen LogP contribution in [-0.2, 0) is 24.1 Å². The van der Waals surface area contributed by atoms with Gasteiger partial charge in [-0.05, 0) is 48.2 Å². The van der Waals surface area contributed by atoms with Gasteiger partial charge in [0, 0.05) is 23.5 Å². The van der Waals surface area contributed by atoms with Crippen molar-refractivity contribution in [1.29, 1.82) is 0 Å². The van der Waals surface area contributed by atoms with Crippen molar-refractivity contribution in [2.24, 2.45) is 0 Å². The van der Waals surface area contributed by atoms with Crippen LogP contribution in [0.15, 0.2) is 72.9 Å². The molecule has 0 amide bonds. The fraction of sp³-hybridized carbons (Fsp3) is 0.276. The van der Waals surface area contributed by atoms with Gasteiger partial charge in [-0.3, -0.25) is 0 Å². The van der Waals surface area contributed by atoms with E-state index in [0.29, 0.717) is 17.5 Å². The van der Waals surface area contributed by atoms with Crippen molar-refractivity contribution >= 4 is 16.9 Å². The Labute approximate surface area is 205 Å². The molecule has 0 saturated heterocycles. The molecule has 35 heavy (non-hydrogen) atoms. The van der Waals surface area contributed by atoms with Gasteiger partial charge in [0.15, 0.2) is 0 Å². The summed E-state index contributed by atoms with van der Waals surface area (Å²) >= 11 is 0. The Balaban J connectivity index is 1.53. The first-order chi connectivity index (χ1) is 17.0.